The van der Waals surface area contributed by atoms with Crippen molar-refractivity contribution in [1.82, 2.24) is 16.0 Å². The average Bonchev–Trinajstić information content (AvgIpc) is 3.09. The van der Waals surface area contributed by atoms with Gasteiger partial charge in [0, 0.05) is 16.8 Å². The number of sulfonamides is 1. The van der Waals surface area contributed by atoms with Crippen LogP contribution in [0.5, 0.6) is 0 Å². The number of nitrogens with zero attached hydrogens (tertiary/aromatic N) is 1. The van der Waals surface area contributed by atoms with Crippen molar-refractivity contribution >= 4 is 27.5 Å². The summed E-state index contributed by atoms with van der Waals surface area (Å²) < 4.78 is 70.9. The van der Waals surface area contributed by atoms with Crippen LogP contribution in [-0.2, 0) is 27.4 Å². The molecule has 2 aromatic carbocycles. The minimum Gasteiger partial charge on any atom is -0.361 e. The Morgan fingerprint density at radius 3 is 2.38 bits per heavy atom. The maximum absolute atomic E-state index is 12.9. The number of aromatic nitrogens is 1. The van der Waals surface area contributed by atoms with Gasteiger partial charge in [-0.3, -0.25) is 25.2 Å². The Morgan fingerprint density at radius 1 is 1.03 bits per heavy atom. The molecular weight excluding hydrogens is 477 g/mol. The molecule has 0 saturated heterocycles. The number of hydrazine groups is 1. The van der Waals surface area contributed by atoms with E-state index < -0.39 is 33.6 Å². The molecule has 13 heteroatoms. The number of benzene rings is 2. The van der Waals surface area contributed by atoms with Gasteiger partial charge < -0.3 is 4.52 Å². The van der Waals surface area contributed by atoms with Crippen LogP contribution in [-0.4, -0.2) is 25.4 Å². The summed E-state index contributed by atoms with van der Waals surface area (Å²) in [5.41, 5.74) is 4.07. The fourth-order valence-electron chi connectivity index (χ4n) is 2.94. The molecule has 0 saturated carbocycles. The third-order valence-electron chi connectivity index (χ3n) is 4.68. The molecule has 0 aliphatic rings. The second-order valence-corrected chi connectivity index (χ2v) is 8.88. The van der Waals surface area contributed by atoms with Crippen LogP contribution >= 0.6 is 0 Å². The molecule has 0 fully saturated rings. The molecule has 0 spiro atoms. The Balaban J connectivity index is 1.68. The zero-order valence-corrected chi connectivity index (χ0v) is 18.7. The monoisotopic (exact) mass is 496 g/mol. The van der Waals surface area contributed by atoms with E-state index in [1.54, 1.807) is 13.8 Å². The van der Waals surface area contributed by atoms with E-state index in [0.29, 0.717) is 23.1 Å². The molecule has 1 heterocycles. The molecule has 3 rings (SSSR count). The average molecular weight is 496 g/mol. The van der Waals surface area contributed by atoms with Crippen LogP contribution in [0.2, 0.25) is 0 Å². The Labute approximate surface area is 192 Å². The first-order valence-corrected chi connectivity index (χ1v) is 11.2. The van der Waals surface area contributed by atoms with E-state index in [1.807, 2.05) is 0 Å². The largest absolute Gasteiger partial charge is 0.416 e. The number of carbonyl (C=O) groups excluding carboxylic acids is 2. The molecule has 0 unspecified atom stereocenters. The summed E-state index contributed by atoms with van der Waals surface area (Å²) in [6, 6.07) is 8.47. The Hall–Kier alpha value is -3.87. The van der Waals surface area contributed by atoms with E-state index in [0.717, 1.165) is 24.3 Å². The molecule has 2 amide bonds. The van der Waals surface area contributed by atoms with Gasteiger partial charge in [-0.2, -0.15) is 13.2 Å². The topological polar surface area (TPSA) is 130 Å². The van der Waals surface area contributed by atoms with Gasteiger partial charge in [0.05, 0.1) is 22.6 Å². The molecule has 180 valence electrons. The van der Waals surface area contributed by atoms with Gasteiger partial charge in [-0.1, -0.05) is 17.3 Å². The fourth-order valence-corrected chi connectivity index (χ4v) is 4.03. The lowest BCUT2D eigenvalue weighted by molar-refractivity contribution is -0.137. The lowest BCUT2D eigenvalue weighted by Crippen LogP contribution is -2.42. The lowest BCUT2D eigenvalue weighted by Gasteiger charge is -2.12. The number of carbonyl (C=O) groups is 2. The molecule has 0 aliphatic carbocycles. The Morgan fingerprint density at radius 2 is 1.74 bits per heavy atom. The number of alkyl halides is 3. The molecule has 34 heavy (non-hydrogen) atoms. The number of rotatable bonds is 6. The van der Waals surface area contributed by atoms with Crippen molar-refractivity contribution in [3.05, 3.63) is 76.7 Å². The quantitative estimate of drug-likeness (QED) is 0.450. The zero-order valence-electron chi connectivity index (χ0n) is 17.9. The van der Waals surface area contributed by atoms with Crippen molar-refractivity contribution in [3.63, 3.8) is 0 Å². The van der Waals surface area contributed by atoms with Crippen LogP contribution in [0, 0.1) is 13.8 Å². The third-order valence-corrected chi connectivity index (χ3v) is 6.06. The summed E-state index contributed by atoms with van der Waals surface area (Å²) in [6.07, 6.45) is -4.74. The van der Waals surface area contributed by atoms with E-state index in [1.165, 1.54) is 18.2 Å². The van der Waals surface area contributed by atoms with Gasteiger partial charge in [0.1, 0.15) is 5.76 Å². The van der Waals surface area contributed by atoms with Gasteiger partial charge in [-0.15, -0.1) is 0 Å². The highest BCUT2D eigenvalue weighted by atomic mass is 32.2. The predicted octanol–water partition coefficient (Wildman–Crippen LogP) is 3.11. The first kappa shape index (κ1) is 24.8. The van der Waals surface area contributed by atoms with Gasteiger partial charge >= 0.3 is 6.18 Å². The summed E-state index contributed by atoms with van der Waals surface area (Å²) in [6.45, 7) is 3.30. The number of amides is 2. The Kier molecular flexibility index (Phi) is 6.96. The number of halogens is 3. The highest BCUT2D eigenvalue weighted by molar-refractivity contribution is 7.92. The van der Waals surface area contributed by atoms with Gasteiger partial charge in [-0.25, -0.2) is 8.42 Å². The van der Waals surface area contributed by atoms with Crippen molar-refractivity contribution in [2.24, 2.45) is 0 Å². The molecule has 3 aromatic rings. The van der Waals surface area contributed by atoms with Crippen molar-refractivity contribution in [2.75, 3.05) is 4.72 Å². The standard InChI is InChI=1S/C21H19F3N4O5S/c1-12-18(13(2)33-27-12)11-19(29)25-26-20(30)14-5-3-8-17(9-14)34(31,32)28-16-7-4-6-15(10-16)21(22,23)24/h3-10,28H,11H2,1-2H3,(H,25,29)(H,26,30). The molecule has 9 nitrogen and oxygen atoms in total. The maximum Gasteiger partial charge on any atom is 0.416 e. The number of nitrogens with one attached hydrogen (secondary N) is 3. The predicted molar refractivity (Wildman–Crippen MR) is 114 cm³/mol. The maximum atomic E-state index is 12.9. The van der Waals surface area contributed by atoms with Crippen LogP contribution in [0.3, 0.4) is 0 Å². The van der Waals surface area contributed by atoms with E-state index in [2.05, 4.69) is 20.7 Å². The highest BCUT2D eigenvalue weighted by Gasteiger charge is 2.30. The number of hydrogen-bond donors (Lipinski definition) is 3. The smallest absolute Gasteiger partial charge is 0.361 e. The summed E-state index contributed by atoms with van der Waals surface area (Å²) in [5.74, 6) is -0.897. The number of aryl methyl sites for hydroxylation is 2. The molecule has 0 bridgehead atoms. The van der Waals surface area contributed by atoms with Crippen molar-refractivity contribution in [1.29, 1.82) is 0 Å². The van der Waals surface area contributed by atoms with Crippen LogP contribution in [0.4, 0.5) is 18.9 Å². The summed E-state index contributed by atoms with van der Waals surface area (Å²) in [5, 5.41) is 3.73. The first-order valence-electron chi connectivity index (χ1n) is 9.68. The molecule has 0 radical (unpaired) electrons. The zero-order chi connectivity index (χ0) is 25.1. The van der Waals surface area contributed by atoms with Crippen LogP contribution < -0.4 is 15.6 Å². The third kappa shape index (κ3) is 5.92. The summed E-state index contributed by atoms with van der Waals surface area (Å²) in [4.78, 5) is 24.1. The van der Waals surface area contributed by atoms with E-state index in [4.69, 9.17) is 4.52 Å². The number of anilines is 1. The molecule has 3 N–H and O–H groups in total. The fraction of sp³-hybridized carbons (Fsp3) is 0.190. The molecular formula is C21H19F3N4O5S. The molecule has 1 aromatic heterocycles. The van der Waals surface area contributed by atoms with E-state index in [9.17, 15) is 31.2 Å². The van der Waals surface area contributed by atoms with Gasteiger partial charge in [0.2, 0.25) is 5.91 Å². The van der Waals surface area contributed by atoms with Crippen molar-refractivity contribution in [2.45, 2.75) is 31.3 Å². The normalized spacial score (nSPS) is 11.7. The molecule has 0 atom stereocenters. The number of hydrogen-bond acceptors (Lipinski definition) is 6. The van der Waals surface area contributed by atoms with Gasteiger partial charge in [-0.05, 0) is 50.2 Å². The SMILES string of the molecule is Cc1noc(C)c1CC(=O)NNC(=O)c1cccc(S(=O)(=O)Nc2cccc(C(F)(F)F)c2)c1. The van der Waals surface area contributed by atoms with Crippen LogP contribution in [0.25, 0.3) is 0 Å². The summed E-state index contributed by atoms with van der Waals surface area (Å²) in [7, 11) is -4.31. The van der Waals surface area contributed by atoms with Gasteiger partial charge in [0.25, 0.3) is 15.9 Å². The van der Waals surface area contributed by atoms with E-state index in [-0.39, 0.29) is 22.6 Å². The summed E-state index contributed by atoms with van der Waals surface area (Å²) >= 11 is 0. The molecule has 0 aliphatic heterocycles. The Bertz CT molecular complexity index is 1320. The van der Waals surface area contributed by atoms with Crippen LogP contribution in [0.15, 0.2) is 57.9 Å². The first-order chi connectivity index (χ1) is 15.9. The highest BCUT2D eigenvalue weighted by Crippen LogP contribution is 2.31. The lowest BCUT2D eigenvalue weighted by atomic mass is 10.1. The van der Waals surface area contributed by atoms with Crippen molar-refractivity contribution in [3.8, 4) is 0 Å². The minimum absolute atomic E-state index is 0.100. The van der Waals surface area contributed by atoms with E-state index >= 15 is 0 Å². The second kappa shape index (κ2) is 9.55. The second-order valence-electron chi connectivity index (χ2n) is 7.19. The van der Waals surface area contributed by atoms with Gasteiger partial charge in [0.15, 0.2) is 0 Å². The van der Waals surface area contributed by atoms with Crippen molar-refractivity contribution < 1.29 is 35.7 Å². The minimum atomic E-state index is -4.64. The van der Waals surface area contributed by atoms with Crippen LogP contribution in [0.1, 0.15) is 32.9 Å².